The SMILES string of the molecule is O=C(c1ccccc1)C1(C(=O)c2ccccc2)CCNCC1. The first-order valence-corrected chi connectivity index (χ1v) is 7.64. The highest BCUT2D eigenvalue weighted by Crippen LogP contribution is 2.36. The van der Waals surface area contributed by atoms with Crippen LogP contribution in [0, 0.1) is 5.41 Å². The van der Waals surface area contributed by atoms with Crippen molar-refractivity contribution in [3.05, 3.63) is 71.8 Å². The fraction of sp³-hybridized carbons (Fsp3) is 0.263. The lowest BCUT2D eigenvalue weighted by Crippen LogP contribution is -2.47. The largest absolute Gasteiger partial charge is 0.317 e. The number of hydrogen-bond acceptors (Lipinski definition) is 3. The summed E-state index contributed by atoms with van der Waals surface area (Å²) in [7, 11) is 0. The Bertz CT molecular complexity index is 605. The molecule has 1 N–H and O–H groups in total. The quantitative estimate of drug-likeness (QED) is 0.696. The van der Waals surface area contributed by atoms with E-state index in [4.69, 9.17) is 0 Å². The van der Waals surface area contributed by atoms with Gasteiger partial charge in [-0.25, -0.2) is 0 Å². The minimum atomic E-state index is -0.937. The first-order chi connectivity index (χ1) is 10.7. The van der Waals surface area contributed by atoms with E-state index in [-0.39, 0.29) is 11.6 Å². The van der Waals surface area contributed by atoms with E-state index < -0.39 is 5.41 Å². The van der Waals surface area contributed by atoms with Crippen molar-refractivity contribution in [1.82, 2.24) is 5.32 Å². The standard InChI is InChI=1S/C19H19NO2/c21-17(15-7-3-1-4-8-15)19(11-13-20-14-12-19)18(22)16-9-5-2-6-10-16/h1-10,20H,11-14H2. The van der Waals surface area contributed by atoms with E-state index in [1.807, 2.05) is 36.4 Å². The highest BCUT2D eigenvalue weighted by atomic mass is 16.2. The Morgan fingerprint density at radius 2 is 1.14 bits per heavy atom. The molecule has 1 aliphatic heterocycles. The monoisotopic (exact) mass is 293 g/mol. The molecule has 0 atom stereocenters. The van der Waals surface area contributed by atoms with Crippen LogP contribution < -0.4 is 5.32 Å². The molecule has 0 unspecified atom stereocenters. The molecule has 3 nitrogen and oxygen atoms in total. The molecule has 1 fully saturated rings. The van der Waals surface area contributed by atoms with E-state index in [9.17, 15) is 9.59 Å². The van der Waals surface area contributed by atoms with Gasteiger partial charge in [0.25, 0.3) is 0 Å². The second kappa shape index (κ2) is 6.24. The van der Waals surface area contributed by atoms with Crippen LogP contribution in [0.2, 0.25) is 0 Å². The first kappa shape index (κ1) is 14.7. The zero-order chi connectivity index (χ0) is 15.4. The lowest BCUT2D eigenvalue weighted by Gasteiger charge is -2.35. The number of carbonyl (C=O) groups excluding carboxylic acids is 2. The summed E-state index contributed by atoms with van der Waals surface area (Å²) in [6.45, 7) is 1.38. The smallest absolute Gasteiger partial charge is 0.176 e. The van der Waals surface area contributed by atoms with Gasteiger partial charge >= 0.3 is 0 Å². The Balaban J connectivity index is 2.02. The van der Waals surface area contributed by atoms with Crippen molar-refractivity contribution < 1.29 is 9.59 Å². The molecule has 0 amide bonds. The van der Waals surface area contributed by atoms with Crippen LogP contribution in [0.15, 0.2) is 60.7 Å². The fourth-order valence-corrected chi connectivity index (χ4v) is 3.14. The number of nitrogens with one attached hydrogen (secondary N) is 1. The van der Waals surface area contributed by atoms with Crippen molar-refractivity contribution in [2.75, 3.05) is 13.1 Å². The molecule has 0 aliphatic carbocycles. The van der Waals surface area contributed by atoms with Crippen LogP contribution in [0.3, 0.4) is 0 Å². The van der Waals surface area contributed by atoms with Gasteiger partial charge in [0.05, 0.1) is 5.41 Å². The normalized spacial score (nSPS) is 16.9. The average molecular weight is 293 g/mol. The van der Waals surface area contributed by atoms with Crippen molar-refractivity contribution in [3.63, 3.8) is 0 Å². The summed E-state index contributed by atoms with van der Waals surface area (Å²) < 4.78 is 0. The summed E-state index contributed by atoms with van der Waals surface area (Å²) in [5.74, 6) is -0.105. The highest BCUT2D eigenvalue weighted by Gasteiger charge is 2.46. The molecule has 0 spiro atoms. The number of carbonyl (C=O) groups is 2. The first-order valence-electron chi connectivity index (χ1n) is 7.64. The van der Waals surface area contributed by atoms with Crippen LogP contribution in [0.1, 0.15) is 33.6 Å². The Morgan fingerprint density at radius 3 is 1.55 bits per heavy atom. The minimum Gasteiger partial charge on any atom is -0.317 e. The van der Waals surface area contributed by atoms with Crippen molar-refractivity contribution in [3.8, 4) is 0 Å². The van der Waals surface area contributed by atoms with Gasteiger partial charge in [-0.1, -0.05) is 60.7 Å². The molecule has 2 aromatic carbocycles. The number of Topliss-reactive ketones (excluding diaryl/α,β-unsaturated/α-hetero) is 2. The van der Waals surface area contributed by atoms with Crippen LogP contribution in [0.5, 0.6) is 0 Å². The zero-order valence-corrected chi connectivity index (χ0v) is 12.4. The zero-order valence-electron chi connectivity index (χ0n) is 12.4. The summed E-state index contributed by atoms with van der Waals surface area (Å²) in [5.41, 5.74) is 0.302. The van der Waals surface area contributed by atoms with E-state index in [1.165, 1.54) is 0 Å². The number of rotatable bonds is 4. The number of piperidine rings is 1. The van der Waals surface area contributed by atoms with Gasteiger partial charge in [-0.3, -0.25) is 9.59 Å². The van der Waals surface area contributed by atoms with Crippen LogP contribution in [-0.2, 0) is 0 Å². The Hall–Kier alpha value is -2.26. The Kier molecular flexibility index (Phi) is 4.16. The maximum atomic E-state index is 13.1. The molecular formula is C19H19NO2. The summed E-state index contributed by atoms with van der Waals surface area (Å²) in [6.07, 6.45) is 1.10. The molecule has 3 rings (SSSR count). The summed E-state index contributed by atoms with van der Waals surface area (Å²) in [5, 5.41) is 3.25. The lowest BCUT2D eigenvalue weighted by atomic mass is 9.68. The minimum absolute atomic E-state index is 0.0524. The van der Waals surface area contributed by atoms with Crippen LogP contribution >= 0.6 is 0 Å². The van der Waals surface area contributed by atoms with E-state index in [0.29, 0.717) is 37.1 Å². The third-order valence-electron chi connectivity index (χ3n) is 4.40. The third kappa shape index (κ3) is 2.60. The van der Waals surface area contributed by atoms with Gasteiger partial charge in [-0.15, -0.1) is 0 Å². The third-order valence-corrected chi connectivity index (χ3v) is 4.40. The molecule has 22 heavy (non-hydrogen) atoms. The van der Waals surface area contributed by atoms with Gasteiger partial charge in [0.2, 0.25) is 0 Å². The molecule has 2 aromatic rings. The van der Waals surface area contributed by atoms with E-state index in [1.54, 1.807) is 24.3 Å². The lowest BCUT2D eigenvalue weighted by molar-refractivity contribution is 0.0603. The number of benzene rings is 2. The molecule has 1 heterocycles. The fourth-order valence-electron chi connectivity index (χ4n) is 3.14. The second-order valence-electron chi connectivity index (χ2n) is 5.72. The molecule has 0 radical (unpaired) electrons. The summed E-state index contributed by atoms with van der Waals surface area (Å²) >= 11 is 0. The van der Waals surface area contributed by atoms with Crippen LogP contribution in [-0.4, -0.2) is 24.7 Å². The number of ketones is 2. The van der Waals surface area contributed by atoms with Crippen molar-refractivity contribution in [1.29, 1.82) is 0 Å². The van der Waals surface area contributed by atoms with Gasteiger partial charge in [0.1, 0.15) is 0 Å². The average Bonchev–Trinajstić information content (AvgIpc) is 2.62. The van der Waals surface area contributed by atoms with Gasteiger partial charge in [0.15, 0.2) is 11.6 Å². The second-order valence-corrected chi connectivity index (χ2v) is 5.72. The van der Waals surface area contributed by atoms with Gasteiger partial charge in [0, 0.05) is 11.1 Å². The summed E-state index contributed by atoms with van der Waals surface area (Å²) in [6, 6.07) is 18.3. The van der Waals surface area contributed by atoms with E-state index >= 15 is 0 Å². The molecule has 3 heteroatoms. The van der Waals surface area contributed by atoms with Crippen LogP contribution in [0.25, 0.3) is 0 Å². The van der Waals surface area contributed by atoms with Crippen LogP contribution in [0.4, 0.5) is 0 Å². The summed E-state index contributed by atoms with van der Waals surface area (Å²) in [4.78, 5) is 26.2. The predicted octanol–water partition coefficient (Wildman–Crippen LogP) is 3.12. The van der Waals surface area contributed by atoms with E-state index in [0.717, 1.165) is 0 Å². The Labute approximate surface area is 130 Å². The molecule has 0 saturated carbocycles. The predicted molar refractivity (Wildman–Crippen MR) is 86.1 cm³/mol. The van der Waals surface area contributed by atoms with Gasteiger partial charge in [-0.2, -0.15) is 0 Å². The molecule has 112 valence electrons. The molecule has 1 aliphatic rings. The molecule has 0 bridgehead atoms. The van der Waals surface area contributed by atoms with E-state index in [2.05, 4.69) is 5.32 Å². The highest BCUT2D eigenvalue weighted by molar-refractivity contribution is 6.19. The molecule has 1 saturated heterocycles. The molecule has 0 aromatic heterocycles. The maximum Gasteiger partial charge on any atom is 0.176 e. The topological polar surface area (TPSA) is 46.2 Å². The van der Waals surface area contributed by atoms with Gasteiger partial charge < -0.3 is 5.32 Å². The van der Waals surface area contributed by atoms with Crippen molar-refractivity contribution >= 4 is 11.6 Å². The van der Waals surface area contributed by atoms with Crippen molar-refractivity contribution in [2.24, 2.45) is 5.41 Å². The van der Waals surface area contributed by atoms with Gasteiger partial charge in [-0.05, 0) is 25.9 Å². The molecular weight excluding hydrogens is 274 g/mol. The van der Waals surface area contributed by atoms with Crippen molar-refractivity contribution in [2.45, 2.75) is 12.8 Å². The maximum absolute atomic E-state index is 13.1. The Morgan fingerprint density at radius 1 is 0.727 bits per heavy atom. The number of hydrogen-bond donors (Lipinski definition) is 1.